The molecule has 8 heteroatoms. The van der Waals surface area contributed by atoms with Crippen LogP contribution in [-0.4, -0.2) is 70.7 Å². The van der Waals surface area contributed by atoms with Crippen molar-refractivity contribution in [2.45, 2.75) is 25.0 Å². The van der Waals surface area contributed by atoms with Gasteiger partial charge in [-0.1, -0.05) is 24.0 Å². The molecule has 0 radical (unpaired) electrons. The van der Waals surface area contributed by atoms with Crippen LogP contribution < -0.4 is 5.32 Å². The Bertz CT molecular complexity index is 1040. The first-order chi connectivity index (χ1) is 15.7. The van der Waals surface area contributed by atoms with Gasteiger partial charge in [0.25, 0.3) is 11.8 Å². The van der Waals surface area contributed by atoms with Gasteiger partial charge in [-0.2, -0.15) is 0 Å². The molecule has 33 heavy (non-hydrogen) atoms. The quantitative estimate of drug-likeness (QED) is 0.344. The number of hydrogen-bond acceptors (Lipinski definition) is 6. The smallest absolute Gasteiger partial charge is 0.254 e. The predicted molar refractivity (Wildman–Crippen MR) is 122 cm³/mol. The van der Waals surface area contributed by atoms with Gasteiger partial charge in [0.1, 0.15) is 6.61 Å². The largest absolute Gasteiger partial charge is 0.396 e. The van der Waals surface area contributed by atoms with Crippen molar-refractivity contribution in [1.29, 1.82) is 0 Å². The molecule has 2 aromatic rings. The first-order valence-electron chi connectivity index (χ1n) is 10.3. The summed E-state index contributed by atoms with van der Waals surface area (Å²) in [6.45, 7) is 0.313. The Hall–Kier alpha value is -3.51. The number of amides is 2. The molecule has 0 unspecified atom stereocenters. The van der Waals surface area contributed by atoms with Crippen molar-refractivity contribution in [3.05, 3.63) is 70.8 Å². The number of ketones is 1. The molecule has 4 N–H and O–H groups in total. The maximum absolute atomic E-state index is 12.9. The highest BCUT2D eigenvalue weighted by atomic mass is 16.3. The van der Waals surface area contributed by atoms with Crippen LogP contribution in [0.15, 0.2) is 48.5 Å². The Labute approximate surface area is 192 Å². The van der Waals surface area contributed by atoms with E-state index in [0.29, 0.717) is 11.1 Å². The summed E-state index contributed by atoms with van der Waals surface area (Å²) in [5.41, 5.74) is 0.490. The fourth-order valence-electron chi connectivity index (χ4n) is 3.18. The average molecular weight is 453 g/mol. The summed E-state index contributed by atoms with van der Waals surface area (Å²) < 4.78 is 0. The zero-order valence-corrected chi connectivity index (χ0v) is 18.8. The number of Topliss-reactive ketones (excluding diaryl/α,β-unsaturated/α-hetero) is 1. The second-order valence-electron chi connectivity index (χ2n) is 7.57. The normalized spacial score (nSPS) is 13.2. The maximum atomic E-state index is 12.9. The molecule has 0 saturated carbocycles. The van der Waals surface area contributed by atoms with Crippen LogP contribution in [0.2, 0.25) is 0 Å². The van der Waals surface area contributed by atoms with E-state index in [4.69, 9.17) is 5.11 Å². The van der Waals surface area contributed by atoms with Crippen LogP contribution in [0, 0.1) is 11.8 Å². The molecule has 0 spiro atoms. The molecule has 0 heterocycles. The number of likely N-dealkylation sites (N-methyl/N-ethyl adjacent to an activating group) is 2. The lowest BCUT2D eigenvalue weighted by Crippen LogP contribution is -2.62. The molecular formula is C25H28N2O6. The highest BCUT2D eigenvalue weighted by molar-refractivity contribution is 6.14. The summed E-state index contributed by atoms with van der Waals surface area (Å²) >= 11 is 0. The molecule has 0 fully saturated rings. The SMILES string of the molecule is CNC(=O)[C@@](C)(C(=O)CO)N(C)C(=O)c1ccc(C#Cc2ccc([C@H](O)CCO)cc2)cc1. The first kappa shape index (κ1) is 25.7. The third-order valence-electron chi connectivity index (χ3n) is 5.51. The molecular weight excluding hydrogens is 424 g/mol. The van der Waals surface area contributed by atoms with E-state index < -0.39 is 35.8 Å². The van der Waals surface area contributed by atoms with Gasteiger partial charge in [-0.3, -0.25) is 14.4 Å². The molecule has 0 aromatic heterocycles. The van der Waals surface area contributed by atoms with Gasteiger partial charge in [0, 0.05) is 43.8 Å². The fraction of sp³-hybridized carbons (Fsp3) is 0.320. The lowest BCUT2D eigenvalue weighted by molar-refractivity contribution is -0.143. The zero-order valence-electron chi connectivity index (χ0n) is 18.8. The third-order valence-corrected chi connectivity index (χ3v) is 5.51. The van der Waals surface area contributed by atoms with E-state index in [9.17, 15) is 24.6 Å². The number of nitrogens with zero attached hydrogens (tertiary/aromatic N) is 1. The molecule has 8 nitrogen and oxygen atoms in total. The second kappa shape index (κ2) is 11.4. The molecule has 0 saturated heterocycles. The standard InChI is InChI=1S/C25H28N2O6/c1-25(22(31)16-29,24(33)26-2)27(3)23(32)20-12-8-18(9-13-20)5-4-17-6-10-19(11-7-17)21(30)14-15-28/h6-13,21,28-30H,14-16H2,1-3H3,(H,26,33)/t21-,25-/m1/s1. The van der Waals surface area contributed by atoms with E-state index in [1.54, 1.807) is 48.5 Å². The number of benzene rings is 2. The van der Waals surface area contributed by atoms with Crippen molar-refractivity contribution < 1.29 is 29.7 Å². The second-order valence-corrected chi connectivity index (χ2v) is 7.57. The van der Waals surface area contributed by atoms with Crippen molar-refractivity contribution in [1.82, 2.24) is 10.2 Å². The minimum absolute atomic E-state index is 0.0974. The topological polar surface area (TPSA) is 127 Å². The molecule has 2 atom stereocenters. The monoisotopic (exact) mass is 452 g/mol. The summed E-state index contributed by atoms with van der Waals surface area (Å²) in [7, 11) is 2.68. The number of hydrogen-bond donors (Lipinski definition) is 4. The van der Waals surface area contributed by atoms with Gasteiger partial charge < -0.3 is 25.5 Å². The number of rotatable bonds is 8. The van der Waals surface area contributed by atoms with Crippen LogP contribution in [0.3, 0.4) is 0 Å². The average Bonchev–Trinajstić information content (AvgIpc) is 2.85. The Morgan fingerprint density at radius 3 is 1.97 bits per heavy atom. The van der Waals surface area contributed by atoms with Crippen molar-refractivity contribution in [3.63, 3.8) is 0 Å². The molecule has 2 rings (SSSR count). The summed E-state index contributed by atoms with van der Waals surface area (Å²) in [5.74, 6) is 3.93. The third kappa shape index (κ3) is 5.84. The van der Waals surface area contributed by atoms with Crippen LogP contribution in [-0.2, 0) is 9.59 Å². The van der Waals surface area contributed by atoms with Gasteiger partial charge in [0.05, 0.1) is 6.10 Å². The molecule has 0 bridgehead atoms. The van der Waals surface area contributed by atoms with Gasteiger partial charge in [0.15, 0.2) is 11.3 Å². The number of nitrogens with one attached hydrogen (secondary N) is 1. The van der Waals surface area contributed by atoms with Gasteiger partial charge in [-0.25, -0.2) is 0 Å². The molecule has 0 aliphatic heterocycles. The van der Waals surface area contributed by atoms with E-state index in [1.807, 2.05) is 0 Å². The van der Waals surface area contributed by atoms with E-state index in [2.05, 4.69) is 17.2 Å². The van der Waals surface area contributed by atoms with Crippen LogP contribution >= 0.6 is 0 Å². The van der Waals surface area contributed by atoms with Gasteiger partial charge in [-0.15, -0.1) is 0 Å². The Balaban J connectivity index is 2.18. The summed E-state index contributed by atoms with van der Waals surface area (Å²) in [6.07, 6.45) is -0.458. The summed E-state index contributed by atoms with van der Waals surface area (Å²) in [4.78, 5) is 38.4. The number of carbonyl (C=O) groups is 3. The molecule has 0 aliphatic rings. The number of carbonyl (C=O) groups excluding carboxylic acids is 3. The molecule has 0 aliphatic carbocycles. The predicted octanol–water partition coefficient (Wildman–Crippen LogP) is 0.640. The Morgan fingerprint density at radius 1 is 1.00 bits per heavy atom. The first-order valence-corrected chi connectivity index (χ1v) is 10.3. The van der Waals surface area contributed by atoms with E-state index in [-0.39, 0.29) is 18.6 Å². The van der Waals surface area contributed by atoms with Crippen LogP contribution in [0.5, 0.6) is 0 Å². The molecule has 174 valence electrons. The Morgan fingerprint density at radius 2 is 1.52 bits per heavy atom. The van der Waals surface area contributed by atoms with Crippen molar-refractivity contribution in [3.8, 4) is 11.8 Å². The van der Waals surface area contributed by atoms with Crippen molar-refractivity contribution >= 4 is 17.6 Å². The number of aliphatic hydroxyl groups excluding tert-OH is 3. The molecule has 2 aromatic carbocycles. The lowest BCUT2D eigenvalue weighted by Gasteiger charge is -2.35. The van der Waals surface area contributed by atoms with Gasteiger partial charge in [0.2, 0.25) is 0 Å². The summed E-state index contributed by atoms with van der Waals surface area (Å²) in [6, 6.07) is 13.4. The van der Waals surface area contributed by atoms with Gasteiger partial charge in [-0.05, 0) is 48.9 Å². The highest BCUT2D eigenvalue weighted by Crippen LogP contribution is 2.19. The van der Waals surface area contributed by atoms with Crippen molar-refractivity contribution in [2.75, 3.05) is 27.3 Å². The van der Waals surface area contributed by atoms with Gasteiger partial charge >= 0.3 is 0 Å². The Kier molecular flexibility index (Phi) is 8.88. The minimum Gasteiger partial charge on any atom is -0.396 e. The fourth-order valence-corrected chi connectivity index (χ4v) is 3.18. The van der Waals surface area contributed by atoms with Crippen LogP contribution in [0.4, 0.5) is 0 Å². The van der Waals surface area contributed by atoms with E-state index in [0.717, 1.165) is 10.5 Å². The van der Waals surface area contributed by atoms with E-state index >= 15 is 0 Å². The highest BCUT2D eigenvalue weighted by Gasteiger charge is 2.46. The lowest BCUT2D eigenvalue weighted by atomic mass is 9.92. The maximum Gasteiger partial charge on any atom is 0.254 e. The van der Waals surface area contributed by atoms with Crippen molar-refractivity contribution in [2.24, 2.45) is 0 Å². The number of aliphatic hydroxyl groups is 3. The molecule has 2 amide bonds. The van der Waals surface area contributed by atoms with Crippen LogP contribution in [0.25, 0.3) is 0 Å². The summed E-state index contributed by atoms with van der Waals surface area (Å²) in [5, 5.41) is 30.4. The zero-order chi connectivity index (χ0) is 24.6. The van der Waals surface area contributed by atoms with Crippen LogP contribution in [0.1, 0.15) is 46.5 Å². The minimum atomic E-state index is -1.85. The van der Waals surface area contributed by atoms with E-state index in [1.165, 1.54) is 21.0 Å².